The van der Waals surface area contributed by atoms with Crippen molar-refractivity contribution in [3.8, 4) is 0 Å². The molecule has 2 aliphatic rings. The number of hydrogen-bond acceptors (Lipinski definition) is 3. The molecule has 2 fully saturated rings. The van der Waals surface area contributed by atoms with E-state index < -0.39 is 23.1 Å². The van der Waals surface area contributed by atoms with E-state index in [0.29, 0.717) is 0 Å². The predicted octanol–water partition coefficient (Wildman–Crippen LogP) is 1.62. The highest BCUT2D eigenvalue weighted by Gasteiger charge is 2.57. The van der Waals surface area contributed by atoms with Crippen molar-refractivity contribution in [1.82, 2.24) is 16.0 Å². The zero-order valence-electron chi connectivity index (χ0n) is 13.7. The van der Waals surface area contributed by atoms with Crippen molar-refractivity contribution in [3.63, 3.8) is 0 Å². The van der Waals surface area contributed by atoms with Gasteiger partial charge in [0, 0.05) is 19.0 Å². The van der Waals surface area contributed by atoms with Crippen LogP contribution in [0.1, 0.15) is 29.6 Å². The van der Waals surface area contributed by atoms with Gasteiger partial charge < -0.3 is 16.0 Å². The second-order valence-corrected chi connectivity index (χ2v) is 6.51. The van der Waals surface area contributed by atoms with E-state index >= 15 is 0 Å². The lowest BCUT2D eigenvalue weighted by Crippen LogP contribution is -2.38. The Balaban J connectivity index is 0.00000225. The van der Waals surface area contributed by atoms with Gasteiger partial charge in [-0.15, -0.1) is 12.4 Å². The first-order chi connectivity index (χ1) is 11.5. The molecule has 25 heavy (non-hydrogen) atoms. The molecular formula is C17H22ClF2N3O2. The second kappa shape index (κ2) is 8.10. The summed E-state index contributed by atoms with van der Waals surface area (Å²) in [6.45, 7) is 2.27. The van der Waals surface area contributed by atoms with Crippen molar-refractivity contribution < 1.29 is 18.4 Å². The average molecular weight is 374 g/mol. The summed E-state index contributed by atoms with van der Waals surface area (Å²) in [5, 5.41) is 8.50. The van der Waals surface area contributed by atoms with Crippen LogP contribution < -0.4 is 16.0 Å². The molecule has 5 nitrogen and oxygen atoms in total. The van der Waals surface area contributed by atoms with Crippen LogP contribution in [0.4, 0.5) is 8.78 Å². The number of benzene rings is 1. The first-order valence-corrected chi connectivity index (χ1v) is 8.24. The van der Waals surface area contributed by atoms with Crippen LogP contribution in [-0.4, -0.2) is 38.0 Å². The molecule has 1 aromatic carbocycles. The van der Waals surface area contributed by atoms with Gasteiger partial charge in [0.05, 0.1) is 0 Å². The van der Waals surface area contributed by atoms with E-state index in [4.69, 9.17) is 0 Å². The van der Waals surface area contributed by atoms with Gasteiger partial charge in [-0.2, -0.15) is 0 Å². The zero-order chi connectivity index (χ0) is 17.2. The smallest absolute Gasteiger partial charge is 0.257 e. The molecule has 0 bridgehead atoms. The van der Waals surface area contributed by atoms with E-state index in [2.05, 4.69) is 16.0 Å². The van der Waals surface area contributed by atoms with Crippen LogP contribution >= 0.6 is 12.4 Å². The van der Waals surface area contributed by atoms with Gasteiger partial charge in [0.2, 0.25) is 5.91 Å². The minimum atomic E-state index is -0.901. The van der Waals surface area contributed by atoms with E-state index in [-0.39, 0.29) is 42.7 Å². The standard InChI is InChI=1S/C17H21F2N3O2.ClH/c18-12-2-1-3-13(19)14(12)16(24)22-9-8-21-15(23)11-10-17(11)4-6-20-7-5-17;/h1-3,11,20H,4-10H2,(H,21,23)(H,22,24);1H. The molecular weight excluding hydrogens is 352 g/mol. The van der Waals surface area contributed by atoms with Gasteiger partial charge >= 0.3 is 0 Å². The molecule has 1 aliphatic carbocycles. The first kappa shape index (κ1) is 19.6. The maximum atomic E-state index is 13.5. The molecule has 1 saturated carbocycles. The minimum absolute atomic E-state index is 0. The number of hydrogen-bond donors (Lipinski definition) is 3. The molecule has 1 aromatic rings. The summed E-state index contributed by atoms with van der Waals surface area (Å²) in [5.74, 6) is -2.56. The van der Waals surface area contributed by atoms with Crippen LogP contribution in [0, 0.1) is 23.0 Å². The molecule has 1 saturated heterocycles. The fourth-order valence-corrected chi connectivity index (χ4v) is 3.48. The fourth-order valence-electron chi connectivity index (χ4n) is 3.48. The molecule has 3 rings (SSSR count). The Bertz CT molecular complexity index is 631. The second-order valence-electron chi connectivity index (χ2n) is 6.51. The number of piperidine rings is 1. The van der Waals surface area contributed by atoms with Crippen LogP contribution in [-0.2, 0) is 4.79 Å². The normalized spacial score (nSPS) is 20.5. The molecule has 8 heteroatoms. The van der Waals surface area contributed by atoms with E-state index in [9.17, 15) is 18.4 Å². The molecule has 1 aliphatic heterocycles. The third-order valence-electron chi connectivity index (χ3n) is 5.01. The van der Waals surface area contributed by atoms with Crippen molar-refractivity contribution in [3.05, 3.63) is 35.4 Å². The molecule has 2 amide bonds. The summed E-state index contributed by atoms with van der Waals surface area (Å²) in [7, 11) is 0. The Morgan fingerprint density at radius 1 is 1.12 bits per heavy atom. The molecule has 1 atom stereocenters. The van der Waals surface area contributed by atoms with E-state index in [0.717, 1.165) is 44.5 Å². The largest absolute Gasteiger partial charge is 0.354 e. The van der Waals surface area contributed by atoms with Crippen molar-refractivity contribution in [2.75, 3.05) is 26.2 Å². The van der Waals surface area contributed by atoms with Crippen LogP contribution in [0.15, 0.2) is 18.2 Å². The summed E-state index contributed by atoms with van der Waals surface area (Å²) in [6.07, 6.45) is 2.97. The summed E-state index contributed by atoms with van der Waals surface area (Å²) in [5.41, 5.74) is -0.436. The van der Waals surface area contributed by atoms with Crippen molar-refractivity contribution in [2.24, 2.45) is 11.3 Å². The minimum Gasteiger partial charge on any atom is -0.354 e. The van der Waals surface area contributed by atoms with Crippen molar-refractivity contribution >= 4 is 24.2 Å². The highest BCUT2D eigenvalue weighted by atomic mass is 35.5. The van der Waals surface area contributed by atoms with Gasteiger partial charge in [0.15, 0.2) is 0 Å². The van der Waals surface area contributed by atoms with E-state index in [1.54, 1.807) is 0 Å². The van der Waals surface area contributed by atoms with Crippen LogP contribution in [0.2, 0.25) is 0 Å². The van der Waals surface area contributed by atoms with Gasteiger partial charge in [-0.3, -0.25) is 9.59 Å². The average Bonchev–Trinajstić information content (AvgIpc) is 3.25. The van der Waals surface area contributed by atoms with Crippen LogP contribution in [0.5, 0.6) is 0 Å². The SMILES string of the molecule is Cl.O=C(NCCNC(=O)C1CC12CCNCC2)c1c(F)cccc1F. The third-order valence-corrected chi connectivity index (χ3v) is 5.01. The van der Waals surface area contributed by atoms with Gasteiger partial charge in [-0.1, -0.05) is 6.07 Å². The van der Waals surface area contributed by atoms with E-state index in [1.807, 2.05) is 0 Å². The molecule has 3 N–H and O–H groups in total. The Hall–Kier alpha value is -1.73. The molecule has 138 valence electrons. The summed E-state index contributed by atoms with van der Waals surface area (Å²) < 4.78 is 27.0. The number of carbonyl (C=O) groups is 2. The maximum Gasteiger partial charge on any atom is 0.257 e. The number of nitrogens with one attached hydrogen (secondary N) is 3. The number of halogens is 3. The molecule has 0 radical (unpaired) electrons. The highest BCUT2D eigenvalue weighted by molar-refractivity contribution is 5.94. The first-order valence-electron chi connectivity index (χ1n) is 8.24. The molecule has 0 aromatic heterocycles. The van der Waals surface area contributed by atoms with Gasteiger partial charge in [0.25, 0.3) is 5.91 Å². The maximum absolute atomic E-state index is 13.5. The Labute approximate surface area is 151 Å². The monoisotopic (exact) mass is 373 g/mol. The zero-order valence-corrected chi connectivity index (χ0v) is 14.6. The lowest BCUT2D eigenvalue weighted by molar-refractivity contribution is -0.123. The number of amides is 2. The van der Waals surface area contributed by atoms with Gasteiger partial charge in [0.1, 0.15) is 17.2 Å². The van der Waals surface area contributed by atoms with Crippen LogP contribution in [0.25, 0.3) is 0 Å². The lowest BCUT2D eigenvalue weighted by Gasteiger charge is -2.23. The Kier molecular flexibility index (Phi) is 6.35. The number of carbonyl (C=O) groups excluding carboxylic acids is 2. The predicted molar refractivity (Wildman–Crippen MR) is 91.6 cm³/mol. The summed E-state index contributed by atoms with van der Waals surface area (Å²) in [6, 6.07) is 3.27. The Morgan fingerprint density at radius 2 is 1.72 bits per heavy atom. The lowest BCUT2D eigenvalue weighted by atomic mass is 9.92. The fraction of sp³-hybridized carbons (Fsp3) is 0.529. The molecule has 1 spiro atoms. The highest BCUT2D eigenvalue weighted by Crippen LogP contribution is 2.58. The van der Waals surface area contributed by atoms with Crippen molar-refractivity contribution in [2.45, 2.75) is 19.3 Å². The molecule has 1 unspecified atom stereocenters. The topological polar surface area (TPSA) is 70.2 Å². The quantitative estimate of drug-likeness (QED) is 0.687. The van der Waals surface area contributed by atoms with Gasteiger partial charge in [-0.05, 0) is 49.9 Å². The van der Waals surface area contributed by atoms with Gasteiger partial charge in [-0.25, -0.2) is 8.78 Å². The van der Waals surface area contributed by atoms with Crippen LogP contribution in [0.3, 0.4) is 0 Å². The summed E-state index contributed by atoms with van der Waals surface area (Å²) >= 11 is 0. The summed E-state index contributed by atoms with van der Waals surface area (Å²) in [4.78, 5) is 23.9. The molecule has 1 heterocycles. The Morgan fingerprint density at radius 3 is 2.36 bits per heavy atom. The third kappa shape index (κ3) is 4.27. The number of rotatable bonds is 5. The van der Waals surface area contributed by atoms with Crippen molar-refractivity contribution in [1.29, 1.82) is 0 Å². The van der Waals surface area contributed by atoms with E-state index in [1.165, 1.54) is 6.07 Å².